The van der Waals surface area contributed by atoms with Gasteiger partial charge < -0.3 is 5.11 Å². The number of likely N-dealkylation sites (tertiary alicyclic amines) is 1. The molecule has 2 rings (SSSR count). The lowest BCUT2D eigenvalue weighted by atomic mass is 9.90. The maximum absolute atomic E-state index is 11.3. The lowest BCUT2D eigenvalue weighted by molar-refractivity contribution is -0.147. The van der Waals surface area contributed by atoms with Crippen LogP contribution in [0.4, 0.5) is 0 Å². The summed E-state index contributed by atoms with van der Waals surface area (Å²) in [5.74, 6) is -0.718. The van der Waals surface area contributed by atoms with E-state index in [1.807, 2.05) is 25.1 Å². The summed E-state index contributed by atoms with van der Waals surface area (Å²) in [5, 5.41) is 9.99. The molecule has 3 nitrogen and oxygen atoms in total. The number of hydrogen-bond acceptors (Lipinski definition) is 2. The molecule has 2 unspecified atom stereocenters. The van der Waals surface area contributed by atoms with Crippen molar-refractivity contribution >= 4 is 33.5 Å². The van der Waals surface area contributed by atoms with E-state index in [4.69, 9.17) is 11.6 Å². The van der Waals surface area contributed by atoms with E-state index in [0.717, 1.165) is 16.6 Å². The molecular weight excluding hydrogens is 330 g/mol. The average molecular weight is 347 g/mol. The van der Waals surface area contributed by atoms with Crippen LogP contribution >= 0.6 is 27.5 Å². The Balaban J connectivity index is 2.17. The van der Waals surface area contributed by atoms with Crippen LogP contribution in [0.1, 0.15) is 31.9 Å². The van der Waals surface area contributed by atoms with Gasteiger partial charge in [-0.05, 0) is 44.5 Å². The van der Waals surface area contributed by atoms with E-state index in [1.165, 1.54) is 0 Å². The molecule has 0 amide bonds. The molecule has 0 aliphatic carbocycles. The SMILES string of the molecule is CC(c1ccc(Br)cc1Cl)N1CCC(C)(C(=O)O)C1. The first-order valence-electron chi connectivity index (χ1n) is 6.26. The molecule has 1 saturated heterocycles. The Morgan fingerprint density at radius 2 is 2.26 bits per heavy atom. The van der Waals surface area contributed by atoms with Crippen LogP contribution < -0.4 is 0 Å². The molecule has 1 heterocycles. The van der Waals surface area contributed by atoms with Gasteiger partial charge >= 0.3 is 5.97 Å². The maximum atomic E-state index is 11.3. The third-order valence-corrected chi connectivity index (χ3v) is 4.80. The van der Waals surface area contributed by atoms with Gasteiger partial charge in [0.1, 0.15) is 0 Å². The zero-order chi connectivity index (χ0) is 14.2. The number of hydrogen-bond donors (Lipinski definition) is 1. The normalized spacial score (nSPS) is 25.5. The minimum atomic E-state index is -0.718. The molecule has 19 heavy (non-hydrogen) atoms. The summed E-state index contributed by atoms with van der Waals surface area (Å²) in [5.41, 5.74) is 0.398. The highest BCUT2D eigenvalue weighted by atomic mass is 79.9. The molecular formula is C14H17BrClNO2. The molecule has 0 spiro atoms. The second kappa shape index (κ2) is 5.43. The van der Waals surface area contributed by atoms with E-state index in [2.05, 4.69) is 27.8 Å². The molecule has 1 fully saturated rings. The topological polar surface area (TPSA) is 40.5 Å². The summed E-state index contributed by atoms with van der Waals surface area (Å²) in [6, 6.07) is 5.96. The van der Waals surface area contributed by atoms with E-state index in [0.29, 0.717) is 18.0 Å². The minimum Gasteiger partial charge on any atom is -0.481 e. The van der Waals surface area contributed by atoms with Crippen molar-refractivity contribution < 1.29 is 9.90 Å². The van der Waals surface area contributed by atoms with Crippen LogP contribution in [0, 0.1) is 5.41 Å². The van der Waals surface area contributed by atoms with Gasteiger partial charge in [0.2, 0.25) is 0 Å². The number of carboxylic acids is 1. The van der Waals surface area contributed by atoms with E-state index >= 15 is 0 Å². The zero-order valence-electron chi connectivity index (χ0n) is 11.0. The molecule has 0 saturated carbocycles. The van der Waals surface area contributed by atoms with Crippen LogP contribution in [0.25, 0.3) is 0 Å². The summed E-state index contributed by atoms with van der Waals surface area (Å²) in [4.78, 5) is 13.5. The number of carboxylic acid groups (broad SMARTS) is 1. The van der Waals surface area contributed by atoms with Gasteiger partial charge in [0, 0.05) is 22.1 Å². The van der Waals surface area contributed by atoms with Crippen LogP contribution in [0.15, 0.2) is 22.7 Å². The van der Waals surface area contributed by atoms with Gasteiger partial charge in [-0.15, -0.1) is 0 Å². The molecule has 5 heteroatoms. The molecule has 104 valence electrons. The molecule has 2 atom stereocenters. The Bertz CT molecular complexity index is 508. The summed E-state index contributed by atoms with van der Waals surface area (Å²) in [6.45, 7) is 5.24. The fourth-order valence-electron chi connectivity index (χ4n) is 2.54. The number of benzene rings is 1. The number of rotatable bonds is 3. The van der Waals surface area contributed by atoms with Crippen molar-refractivity contribution in [1.82, 2.24) is 4.90 Å². The molecule has 0 radical (unpaired) electrons. The van der Waals surface area contributed by atoms with E-state index < -0.39 is 11.4 Å². The van der Waals surface area contributed by atoms with Gasteiger partial charge in [0.05, 0.1) is 5.41 Å². The van der Waals surface area contributed by atoms with Crippen molar-refractivity contribution in [2.75, 3.05) is 13.1 Å². The van der Waals surface area contributed by atoms with Crippen LogP contribution in [0.3, 0.4) is 0 Å². The fourth-order valence-corrected chi connectivity index (χ4v) is 3.37. The number of carbonyl (C=O) groups is 1. The second-order valence-corrected chi connectivity index (χ2v) is 6.75. The number of nitrogens with zero attached hydrogens (tertiary/aromatic N) is 1. The smallest absolute Gasteiger partial charge is 0.310 e. The molecule has 1 aromatic rings. The van der Waals surface area contributed by atoms with Gasteiger partial charge in [0.25, 0.3) is 0 Å². The predicted molar refractivity (Wildman–Crippen MR) is 79.5 cm³/mol. The Kier molecular flexibility index (Phi) is 4.23. The van der Waals surface area contributed by atoms with Crippen LogP contribution in [-0.4, -0.2) is 29.1 Å². The Morgan fingerprint density at radius 3 is 2.79 bits per heavy atom. The van der Waals surface area contributed by atoms with Crippen molar-refractivity contribution in [3.05, 3.63) is 33.3 Å². The molecule has 1 N–H and O–H groups in total. The first-order chi connectivity index (χ1) is 8.83. The standard InChI is InChI=1S/C14H17BrClNO2/c1-9(11-4-3-10(15)7-12(11)16)17-6-5-14(2,8-17)13(18)19/h3-4,7,9H,5-6,8H2,1-2H3,(H,18,19). The van der Waals surface area contributed by atoms with Crippen molar-refractivity contribution in [3.8, 4) is 0 Å². The quantitative estimate of drug-likeness (QED) is 0.900. The summed E-state index contributed by atoms with van der Waals surface area (Å²) in [7, 11) is 0. The maximum Gasteiger partial charge on any atom is 0.310 e. The summed E-state index contributed by atoms with van der Waals surface area (Å²) in [6.07, 6.45) is 0.681. The highest BCUT2D eigenvalue weighted by molar-refractivity contribution is 9.10. The average Bonchev–Trinajstić information content (AvgIpc) is 2.73. The van der Waals surface area contributed by atoms with Gasteiger partial charge in [0.15, 0.2) is 0 Å². The van der Waals surface area contributed by atoms with Crippen molar-refractivity contribution in [3.63, 3.8) is 0 Å². The van der Waals surface area contributed by atoms with E-state index in [-0.39, 0.29) is 6.04 Å². The van der Waals surface area contributed by atoms with Crippen molar-refractivity contribution in [2.24, 2.45) is 5.41 Å². The number of halogens is 2. The first-order valence-corrected chi connectivity index (χ1v) is 7.43. The van der Waals surface area contributed by atoms with Gasteiger partial charge in [-0.3, -0.25) is 9.69 Å². The highest BCUT2D eigenvalue weighted by Gasteiger charge is 2.42. The lowest BCUT2D eigenvalue weighted by Crippen LogP contribution is -2.33. The van der Waals surface area contributed by atoms with E-state index in [9.17, 15) is 9.90 Å². The van der Waals surface area contributed by atoms with Gasteiger partial charge in [-0.25, -0.2) is 0 Å². The third-order valence-electron chi connectivity index (χ3n) is 3.98. The Hall–Kier alpha value is -0.580. The molecule has 1 aliphatic rings. The van der Waals surface area contributed by atoms with Gasteiger partial charge in [-0.2, -0.15) is 0 Å². The predicted octanol–water partition coefficient (Wildman–Crippen LogP) is 3.96. The highest BCUT2D eigenvalue weighted by Crippen LogP contribution is 2.37. The van der Waals surface area contributed by atoms with Gasteiger partial charge in [-0.1, -0.05) is 33.6 Å². The Morgan fingerprint density at radius 1 is 1.58 bits per heavy atom. The lowest BCUT2D eigenvalue weighted by Gasteiger charge is -2.27. The molecule has 0 aromatic heterocycles. The van der Waals surface area contributed by atoms with E-state index in [1.54, 1.807) is 0 Å². The minimum absolute atomic E-state index is 0.127. The monoisotopic (exact) mass is 345 g/mol. The molecule has 0 bridgehead atoms. The largest absolute Gasteiger partial charge is 0.481 e. The van der Waals surface area contributed by atoms with Crippen molar-refractivity contribution in [2.45, 2.75) is 26.3 Å². The first kappa shape index (κ1) is 14.8. The molecule has 1 aromatic carbocycles. The summed E-state index contributed by atoms with van der Waals surface area (Å²) >= 11 is 9.65. The third kappa shape index (κ3) is 2.96. The number of aliphatic carboxylic acids is 1. The van der Waals surface area contributed by atoms with Crippen LogP contribution in [0.2, 0.25) is 5.02 Å². The zero-order valence-corrected chi connectivity index (χ0v) is 13.3. The van der Waals surface area contributed by atoms with Crippen LogP contribution in [-0.2, 0) is 4.79 Å². The fraction of sp³-hybridized carbons (Fsp3) is 0.500. The second-order valence-electron chi connectivity index (χ2n) is 5.43. The molecule has 1 aliphatic heterocycles. The van der Waals surface area contributed by atoms with Crippen molar-refractivity contribution in [1.29, 1.82) is 0 Å². The summed E-state index contributed by atoms with van der Waals surface area (Å²) < 4.78 is 0.949. The Labute approximate surface area is 126 Å². The van der Waals surface area contributed by atoms with Crippen LogP contribution in [0.5, 0.6) is 0 Å².